The van der Waals surface area contributed by atoms with E-state index in [1.165, 1.54) is 0 Å². The highest BCUT2D eigenvalue weighted by molar-refractivity contribution is 7.93. The topological polar surface area (TPSA) is 54.4 Å². The number of rotatable bonds is 4. The number of hydrogen-bond donors (Lipinski definition) is 1. The molecule has 0 aliphatic heterocycles. The molecule has 3 nitrogen and oxygen atoms in total. The van der Waals surface area contributed by atoms with Crippen molar-refractivity contribution in [2.45, 2.75) is 43.3 Å². The molecule has 0 bridgehead atoms. The fourth-order valence-corrected chi connectivity index (χ4v) is 4.97. The first kappa shape index (κ1) is 17.7. The van der Waals surface area contributed by atoms with Gasteiger partial charge in [0, 0.05) is 0 Å². The molecule has 0 fully saturated rings. The number of aliphatic hydroxyl groups excluding tert-OH is 1. The van der Waals surface area contributed by atoms with Crippen LogP contribution in [0.2, 0.25) is 0 Å². The molecule has 0 spiro atoms. The minimum absolute atomic E-state index is 0.589. The molecule has 0 unspecified atom stereocenters. The Kier molecular flexibility index (Phi) is 4.69. The summed E-state index contributed by atoms with van der Waals surface area (Å²) in [5.74, 6) is 0. The zero-order chi connectivity index (χ0) is 17.3. The van der Waals surface area contributed by atoms with Crippen molar-refractivity contribution in [1.29, 1.82) is 0 Å². The van der Waals surface area contributed by atoms with Crippen LogP contribution in [0.25, 0.3) is 0 Å². The van der Waals surface area contributed by atoms with Crippen molar-refractivity contribution in [3.05, 3.63) is 71.8 Å². The first-order valence-corrected chi connectivity index (χ1v) is 9.13. The molecule has 2 aromatic rings. The number of hydrogen-bond acceptors (Lipinski definition) is 3. The highest BCUT2D eigenvalue weighted by Gasteiger charge is 2.52. The zero-order valence-corrected chi connectivity index (χ0v) is 14.8. The average molecular weight is 332 g/mol. The Labute approximate surface area is 138 Å². The molecule has 4 heteroatoms. The van der Waals surface area contributed by atoms with Crippen LogP contribution in [0.1, 0.15) is 44.9 Å². The zero-order valence-electron chi connectivity index (χ0n) is 14.0. The van der Waals surface area contributed by atoms with E-state index in [4.69, 9.17) is 0 Å². The molecule has 0 radical (unpaired) electrons. The van der Waals surface area contributed by atoms with Crippen LogP contribution < -0.4 is 0 Å². The Balaban J connectivity index is 2.72. The van der Waals surface area contributed by atoms with Crippen LogP contribution in [-0.2, 0) is 14.6 Å². The lowest BCUT2D eigenvalue weighted by Crippen LogP contribution is -2.47. The van der Waals surface area contributed by atoms with Crippen molar-refractivity contribution >= 4 is 9.84 Å². The quantitative estimate of drug-likeness (QED) is 0.925. The van der Waals surface area contributed by atoms with E-state index in [0.717, 1.165) is 0 Å². The van der Waals surface area contributed by atoms with E-state index in [-0.39, 0.29) is 0 Å². The largest absolute Gasteiger partial charge is 0.386 e. The first-order chi connectivity index (χ1) is 10.6. The molecule has 23 heavy (non-hydrogen) atoms. The summed E-state index contributed by atoms with van der Waals surface area (Å²) in [5.41, 5.74) is 1.18. The standard InChI is InChI=1S/C19H24O3S/c1-18(2,3)23(21,22)19(4,16-13-9-6-10-14-16)17(20)15-11-7-5-8-12-15/h5-14,17,20H,1-4H3/t17-,19+/m1/s1. The molecule has 0 amide bonds. The van der Waals surface area contributed by atoms with Crippen molar-refractivity contribution in [3.8, 4) is 0 Å². The smallest absolute Gasteiger partial charge is 0.167 e. The van der Waals surface area contributed by atoms with E-state index in [9.17, 15) is 13.5 Å². The third-order valence-corrected chi connectivity index (χ3v) is 7.54. The predicted octanol–water partition coefficient (Wildman–Crippen LogP) is 3.85. The Hall–Kier alpha value is -1.65. The van der Waals surface area contributed by atoms with E-state index in [0.29, 0.717) is 11.1 Å². The molecule has 0 heterocycles. The average Bonchev–Trinajstić information content (AvgIpc) is 2.53. The van der Waals surface area contributed by atoms with Gasteiger partial charge in [0.2, 0.25) is 0 Å². The molecule has 2 aromatic carbocycles. The molecular weight excluding hydrogens is 308 g/mol. The van der Waals surface area contributed by atoms with Crippen LogP contribution in [0, 0.1) is 0 Å². The van der Waals surface area contributed by atoms with Crippen LogP contribution >= 0.6 is 0 Å². The third kappa shape index (κ3) is 2.93. The monoisotopic (exact) mass is 332 g/mol. The van der Waals surface area contributed by atoms with Crippen LogP contribution in [0.5, 0.6) is 0 Å². The lowest BCUT2D eigenvalue weighted by Gasteiger charge is -2.39. The minimum atomic E-state index is -3.69. The summed E-state index contributed by atoms with van der Waals surface area (Å²) < 4.78 is 24.2. The Bertz CT molecular complexity index is 746. The van der Waals surface area contributed by atoms with Crippen LogP contribution in [0.3, 0.4) is 0 Å². The van der Waals surface area contributed by atoms with Crippen molar-refractivity contribution < 1.29 is 13.5 Å². The van der Waals surface area contributed by atoms with E-state index < -0.39 is 25.4 Å². The summed E-state index contributed by atoms with van der Waals surface area (Å²) in [6.45, 7) is 6.62. The maximum absolute atomic E-state index is 13.3. The Morgan fingerprint density at radius 2 is 1.26 bits per heavy atom. The predicted molar refractivity (Wildman–Crippen MR) is 93.9 cm³/mol. The van der Waals surface area contributed by atoms with E-state index in [1.54, 1.807) is 76.2 Å². The number of benzene rings is 2. The van der Waals surface area contributed by atoms with Gasteiger partial charge in [-0.3, -0.25) is 0 Å². The van der Waals surface area contributed by atoms with Gasteiger partial charge in [-0.15, -0.1) is 0 Å². The van der Waals surface area contributed by atoms with Gasteiger partial charge in [-0.05, 0) is 38.8 Å². The summed E-state index contributed by atoms with van der Waals surface area (Å²) in [4.78, 5) is 0. The van der Waals surface area contributed by atoms with Gasteiger partial charge in [0.25, 0.3) is 0 Å². The highest BCUT2D eigenvalue weighted by atomic mass is 32.2. The molecule has 1 N–H and O–H groups in total. The second kappa shape index (κ2) is 6.10. The summed E-state index contributed by atoms with van der Waals surface area (Å²) in [6.07, 6.45) is -1.16. The lowest BCUT2D eigenvalue weighted by atomic mass is 9.90. The molecular formula is C19H24O3S. The molecule has 2 rings (SSSR count). The first-order valence-electron chi connectivity index (χ1n) is 7.65. The van der Waals surface area contributed by atoms with Crippen LogP contribution in [0.4, 0.5) is 0 Å². The SMILES string of the molecule is CC(C)(C)S(=O)(=O)[C@@](C)(c1ccccc1)[C@H](O)c1ccccc1. The second-order valence-electron chi connectivity index (χ2n) is 6.90. The van der Waals surface area contributed by atoms with Crippen LogP contribution in [-0.4, -0.2) is 18.3 Å². The Morgan fingerprint density at radius 1 is 0.826 bits per heavy atom. The van der Waals surface area contributed by atoms with E-state index >= 15 is 0 Å². The third-order valence-electron chi connectivity index (χ3n) is 4.35. The van der Waals surface area contributed by atoms with Crippen LogP contribution in [0.15, 0.2) is 60.7 Å². The highest BCUT2D eigenvalue weighted by Crippen LogP contribution is 2.46. The van der Waals surface area contributed by atoms with Gasteiger partial charge < -0.3 is 5.11 Å². The van der Waals surface area contributed by atoms with E-state index in [2.05, 4.69) is 0 Å². The normalized spacial score (nSPS) is 16.6. The summed E-state index contributed by atoms with van der Waals surface area (Å²) >= 11 is 0. The maximum Gasteiger partial charge on any atom is 0.167 e. The van der Waals surface area contributed by atoms with Crippen molar-refractivity contribution in [1.82, 2.24) is 0 Å². The van der Waals surface area contributed by atoms with Gasteiger partial charge in [0.05, 0.1) is 4.75 Å². The van der Waals surface area contributed by atoms with Crippen molar-refractivity contribution in [2.24, 2.45) is 0 Å². The lowest BCUT2D eigenvalue weighted by molar-refractivity contribution is 0.129. The maximum atomic E-state index is 13.3. The van der Waals surface area contributed by atoms with Gasteiger partial charge in [-0.2, -0.15) is 0 Å². The molecule has 2 atom stereocenters. The van der Waals surface area contributed by atoms with E-state index in [1.807, 2.05) is 12.1 Å². The van der Waals surface area contributed by atoms with Crippen molar-refractivity contribution in [3.63, 3.8) is 0 Å². The van der Waals surface area contributed by atoms with Gasteiger partial charge in [-0.25, -0.2) is 8.42 Å². The molecule has 0 saturated heterocycles. The fraction of sp³-hybridized carbons (Fsp3) is 0.368. The second-order valence-corrected chi connectivity index (χ2v) is 9.98. The molecule has 0 aliphatic rings. The molecule has 124 valence electrons. The number of aliphatic hydroxyl groups is 1. The summed E-state index contributed by atoms with van der Waals surface area (Å²) in [5, 5.41) is 11.0. The fourth-order valence-electron chi connectivity index (χ4n) is 2.82. The molecule has 0 aromatic heterocycles. The summed E-state index contributed by atoms with van der Waals surface area (Å²) in [7, 11) is -3.69. The van der Waals surface area contributed by atoms with Gasteiger partial charge >= 0.3 is 0 Å². The summed E-state index contributed by atoms with van der Waals surface area (Å²) in [6, 6.07) is 17.9. The number of sulfone groups is 1. The minimum Gasteiger partial charge on any atom is -0.386 e. The van der Waals surface area contributed by atoms with Gasteiger partial charge in [0.15, 0.2) is 9.84 Å². The Morgan fingerprint density at radius 3 is 1.70 bits per heavy atom. The molecule has 0 saturated carbocycles. The van der Waals surface area contributed by atoms with Gasteiger partial charge in [-0.1, -0.05) is 60.7 Å². The van der Waals surface area contributed by atoms with Gasteiger partial charge in [0.1, 0.15) is 10.9 Å². The van der Waals surface area contributed by atoms with Crippen molar-refractivity contribution in [2.75, 3.05) is 0 Å². The molecule has 0 aliphatic carbocycles.